The highest BCUT2D eigenvalue weighted by molar-refractivity contribution is 6.31. The fourth-order valence-corrected chi connectivity index (χ4v) is 2.40. The highest BCUT2D eigenvalue weighted by atomic mass is 35.5. The quantitative estimate of drug-likeness (QED) is 0.571. The lowest BCUT2D eigenvalue weighted by molar-refractivity contribution is -0.274. The minimum atomic E-state index is -4.73. The molecule has 0 fully saturated rings. The van der Waals surface area contributed by atoms with Crippen molar-refractivity contribution in [1.82, 2.24) is 0 Å². The second-order valence-electron chi connectivity index (χ2n) is 5.17. The monoisotopic (exact) mass is 387 g/mol. The molecule has 2 aromatic carbocycles. The maximum absolute atomic E-state index is 12.1. The van der Waals surface area contributed by atoms with Gasteiger partial charge in [-0.25, -0.2) is 0 Å². The van der Waals surface area contributed by atoms with Crippen LogP contribution in [0.3, 0.4) is 0 Å². The Morgan fingerprint density at radius 1 is 1.19 bits per heavy atom. The first kappa shape index (κ1) is 19.9. The lowest BCUT2D eigenvalue weighted by atomic mass is 10.1. The van der Waals surface area contributed by atoms with E-state index in [1.54, 1.807) is 6.07 Å². The molecule has 0 amide bonds. The number of nitrogens with two attached hydrogens (primary N) is 1. The summed E-state index contributed by atoms with van der Waals surface area (Å²) < 4.78 is 45.6. The number of benzene rings is 2. The number of alkyl halides is 3. The molecule has 0 radical (unpaired) electrons. The molecular formula is C17H17ClF3N3O2. The molecular weight excluding hydrogens is 371 g/mol. The molecule has 2 rings (SSSR count). The average Bonchev–Trinajstić information content (AvgIpc) is 2.57. The van der Waals surface area contributed by atoms with Gasteiger partial charge in [-0.05, 0) is 30.3 Å². The van der Waals surface area contributed by atoms with Crippen LogP contribution < -0.4 is 15.8 Å². The Morgan fingerprint density at radius 3 is 2.42 bits per heavy atom. The van der Waals surface area contributed by atoms with Crippen LogP contribution in [0.4, 0.5) is 18.9 Å². The van der Waals surface area contributed by atoms with Crippen LogP contribution >= 0.6 is 11.6 Å². The Labute approximate surface area is 153 Å². The third kappa shape index (κ3) is 6.12. The minimum Gasteiger partial charge on any atom is -0.406 e. The first-order valence-corrected chi connectivity index (χ1v) is 7.86. The van der Waals surface area contributed by atoms with Gasteiger partial charge in [0.05, 0.1) is 6.54 Å². The van der Waals surface area contributed by atoms with Gasteiger partial charge in [-0.3, -0.25) is 4.99 Å². The Hall–Kier alpha value is -2.45. The summed E-state index contributed by atoms with van der Waals surface area (Å²) in [6, 6.07) is 12.4. The van der Waals surface area contributed by atoms with Gasteiger partial charge < -0.3 is 20.5 Å². The smallest absolute Gasteiger partial charge is 0.406 e. The summed E-state index contributed by atoms with van der Waals surface area (Å²) in [5, 5.41) is 3.34. The van der Waals surface area contributed by atoms with Crippen molar-refractivity contribution in [1.29, 1.82) is 0 Å². The van der Waals surface area contributed by atoms with E-state index in [1.165, 1.54) is 31.4 Å². The molecule has 9 heteroatoms. The number of aliphatic imine (C=N–C) groups is 1. The number of hydrogen-bond donors (Lipinski definition) is 2. The van der Waals surface area contributed by atoms with Crippen molar-refractivity contribution in [3.05, 3.63) is 59.1 Å². The maximum atomic E-state index is 12.1. The molecule has 1 unspecified atom stereocenters. The molecule has 0 spiro atoms. The van der Waals surface area contributed by atoms with Crippen LogP contribution in [0.2, 0.25) is 5.02 Å². The summed E-state index contributed by atoms with van der Waals surface area (Å²) >= 11 is 6.14. The third-order valence-corrected chi connectivity index (χ3v) is 3.67. The van der Waals surface area contributed by atoms with E-state index < -0.39 is 6.36 Å². The van der Waals surface area contributed by atoms with Crippen molar-refractivity contribution in [2.45, 2.75) is 12.5 Å². The fourth-order valence-electron chi connectivity index (χ4n) is 2.14. The van der Waals surface area contributed by atoms with Gasteiger partial charge in [0.1, 0.15) is 11.9 Å². The summed E-state index contributed by atoms with van der Waals surface area (Å²) in [7, 11) is 1.53. The van der Waals surface area contributed by atoms with Crippen molar-refractivity contribution < 1.29 is 22.6 Å². The molecule has 0 aliphatic rings. The topological polar surface area (TPSA) is 68.9 Å². The van der Waals surface area contributed by atoms with Crippen LogP contribution in [-0.4, -0.2) is 26.0 Å². The van der Waals surface area contributed by atoms with Gasteiger partial charge in [0, 0.05) is 23.4 Å². The molecule has 0 bridgehead atoms. The first-order chi connectivity index (χ1) is 12.3. The fraction of sp³-hybridized carbons (Fsp3) is 0.235. The Bertz CT molecular complexity index is 752. The lowest BCUT2D eigenvalue weighted by Gasteiger charge is -2.15. The van der Waals surface area contributed by atoms with E-state index in [9.17, 15) is 13.2 Å². The first-order valence-electron chi connectivity index (χ1n) is 7.48. The summed E-state index contributed by atoms with van der Waals surface area (Å²) in [4.78, 5) is 4.18. The standard InChI is InChI=1S/C17H17ClF3N3O2/c1-25-15(13-4-2-3-5-14(13)18)10-23-16(22)24-11-6-8-12(9-7-11)26-17(19,20)21/h2-9,15H,10H2,1H3,(H3,22,23,24). The molecule has 0 aliphatic carbocycles. The predicted molar refractivity (Wildman–Crippen MR) is 94.4 cm³/mol. The molecule has 2 aromatic rings. The summed E-state index contributed by atoms with van der Waals surface area (Å²) in [5.41, 5.74) is 7.05. The third-order valence-electron chi connectivity index (χ3n) is 3.32. The van der Waals surface area contributed by atoms with Crippen LogP contribution in [0.5, 0.6) is 5.75 Å². The van der Waals surface area contributed by atoms with Crippen molar-refractivity contribution in [3.8, 4) is 5.75 Å². The van der Waals surface area contributed by atoms with Crippen molar-refractivity contribution >= 4 is 23.2 Å². The highest BCUT2D eigenvalue weighted by Crippen LogP contribution is 2.26. The number of ether oxygens (including phenoxy) is 2. The van der Waals surface area contributed by atoms with E-state index in [2.05, 4.69) is 15.0 Å². The second-order valence-corrected chi connectivity index (χ2v) is 5.58. The number of anilines is 1. The van der Waals surface area contributed by atoms with Crippen LogP contribution in [0, 0.1) is 0 Å². The van der Waals surface area contributed by atoms with E-state index in [1.807, 2.05) is 18.2 Å². The number of guanidine groups is 1. The van der Waals surface area contributed by atoms with E-state index in [0.29, 0.717) is 10.7 Å². The van der Waals surface area contributed by atoms with Crippen LogP contribution in [-0.2, 0) is 4.74 Å². The van der Waals surface area contributed by atoms with E-state index in [0.717, 1.165) is 5.56 Å². The zero-order chi connectivity index (χ0) is 19.2. The summed E-state index contributed by atoms with van der Waals surface area (Å²) in [6.45, 7) is 0.217. The largest absolute Gasteiger partial charge is 0.573 e. The molecule has 3 N–H and O–H groups in total. The van der Waals surface area contributed by atoms with Gasteiger partial charge >= 0.3 is 6.36 Å². The van der Waals surface area contributed by atoms with Crippen LogP contribution in [0.25, 0.3) is 0 Å². The zero-order valence-corrected chi connectivity index (χ0v) is 14.5. The number of nitrogens with zero attached hydrogens (tertiary/aromatic N) is 1. The SMILES string of the molecule is COC(CN=C(N)Nc1ccc(OC(F)(F)F)cc1)c1ccccc1Cl. The predicted octanol–water partition coefficient (Wildman–Crippen LogP) is 4.35. The number of rotatable bonds is 6. The molecule has 140 valence electrons. The van der Waals surface area contributed by atoms with Crippen molar-refractivity contribution in [3.63, 3.8) is 0 Å². The van der Waals surface area contributed by atoms with Gasteiger partial charge in [0.2, 0.25) is 0 Å². The molecule has 5 nitrogen and oxygen atoms in total. The number of nitrogens with one attached hydrogen (secondary N) is 1. The zero-order valence-electron chi connectivity index (χ0n) is 13.8. The van der Waals surface area contributed by atoms with Gasteiger partial charge in [-0.2, -0.15) is 0 Å². The molecule has 0 saturated heterocycles. The van der Waals surface area contributed by atoms with Crippen LogP contribution in [0.15, 0.2) is 53.5 Å². The lowest BCUT2D eigenvalue weighted by Crippen LogP contribution is -2.24. The Kier molecular flexibility index (Phi) is 6.70. The molecule has 0 aliphatic heterocycles. The number of methoxy groups -OCH3 is 1. The minimum absolute atomic E-state index is 0.0867. The molecule has 0 saturated carbocycles. The maximum Gasteiger partial charge on any atom is 0.573 e. The molecule has 0 aromatic heterocycles. The Morgan fingerprint density at radius 2 is 1.85 bits per heavy atom. The van der Waals surface area contributed by atoms with Gasteiger partial charge in [0.15, 0.2) is 5.96 Å². The summed E-state index contributed by atoms with van der Waals surface area (Å²) in [5.74, 6) is -0.236. The van der Waals surface area contributed by atoms with Gasteiger partial charge in [-0.1, -0.05) is 29.8 Å². The second kappa shape index (κ2) is 8.77. The van der Waals surface area contributed by atoms with E-state index >= 15 is 0 Å². The van der Waals surface area contributed by atoms with Gasteiger partial charge in [0.25, 0.3) is 0 Å². The van der Waals surface area contributed by atoms with Gasteiger partial charge in [-0.15, -0.1) is 13.2 Å². The van der Waals surface area contributed by atoms with Crippen molar-refractivity contribution in [2.24, 2.45) is 10.7 Å². The molecule has 1 atom stereocenters. The normalized spacial score (nSPS) is 13.3. The van der Waals surface area contributed by atoms with E-state index in [-0.39, 0.29) is 24.4 Å². The highest BCUT2D eigenvalue weighted by Gasteiger charge is 2.30. The number of hydrogen-bond acceptors (Lipinski definition) is 3. The summed E-state index contributed by atoms with van der Waals surface area (Å²) in [6.07, 6.45) is -5.12. The Balaban J connectivity index is 1.98. The average molecular weight is 388 g/mol. The molecule has 26 heavy (non-hydrogen) atoms. The molecule has 0 heterocycles. The number of halogens is 4. The van der Waals surface area contributed by atoms with E-state index in [4.69, 9.17) is 22.1 Å². The van der Waals surface area contributed by atoms with Crippen LogP contribution in [0.1, 0.15) is 11.7 Å². The van der Waals surface area contributed by atoms with Crippen molar-refractivity contribution in [2.75, 3.05) is 19.0 Å².